The van der Waals surface area contributed by atoms with E-state index in [1.165, 1.54) is 6.33 Å². The van der Waals surface area contributed by atoms with E-state index in [1.54, 1.807) is 0 Å². The molecule has 2 N–H and O–H groups in total. The van der Waals surface area contributed by atoms with Crippen molar-refractivity contribution >= 4 is 17.3 Å². The average molecular weight is 250 g/mol. The molecule has 0 amide bonds. The van der Waals surface area contributed by atoms with Crippen molar-refractivity contribution in [2.45, 2.75) is 13.0 Å². The summed E-state index contributed by atoms with van der Waals surface area (Å²) in [6, 6.07) is 9.80. The normalized spacial score (nSPS) is 12.1. The Morgan fingerprint density at radius 3 is 2.65 bits per heavy atom. The lowest BCUT2D eigenvalue weighted by molar-refractivity contribution is 0.218. The first-order valence-electron chi connectivity index (χ1n) is 5.16. The number of nitrogens with zero attached hydrogens (tertiary/aromatic N) is 2. The van der Waals surface area contributed by atoms with Gasteiger partial charge in [0.2, 0.25) is 5.88 Å². The third kappa shape index (κ3) is 2.65. The number of nitrogen functional groups attached to an aromatic ring is 1. The Morgan fingerprint density at radius 1 is 1.24 bits per heavy atom. The summed E-state index contributed by atoms with van der Waals surface area (Å²) in [5, 5.41) is 0.204. The lowest BCUT2D eigenvalue weighted by Gasteiger charge is -2.15. The van der Waals surface area contributed by atoms with E-state index in [4.69, 9.17) is 22.1 Å². The Labute approximate surface area is 104 Å². The SMILES string of the molecule is CC(Oc1ncnc(Cl)c1N)c1ccccc1. The van der Waals surface area contributed by atoms with Gasteiger partial charge in [-0.2, -0.15) is 4.98 Å². The molecule has 17 heavy (non-hydrogen) atoms. The van der Waals surface area contributed by atoms with E-state index >= 15 is 0 Å². The highest BCUT2D eigenvalue weighted by molar-refractivity contribution is 6.32. The lowest BCUT2D eigenvalue weighted by Crippen LogP contribution is -2.07. The van der Waals surface area contributed by atoms with Gasteiger partial charge in [-0.15, -0.1) is 0 Å². The number of benzene rings is 1. The molecule has 2 rings (SSSR count). The first-order chi connectivity index (χ1) is 8.18. The molecule has 0 aliphatic carbocycles. The van der Waals surface area contributed by atoms with E-state index in [2.05, 4.69) is 9.97 Å². The lowest BCUT2D eigenvalue weighted by atomic mass is 10.1. The van der Waals surface area contributed by atoms with E-state index in [1.807, 2.05) is 37.3 Å². The van der Waals surface area contributed by atoms with Crippen LogP contribution in [-0.2, 0) is 0 Å². The molecule has 1 aromatic heterocycles. The Kier molecular flexibility index (Phi) is 3.44. The molecule has 0 bridgehead atoms. The predicted molar refractivity (Wildman–Crippen MR) is 66.9 cm³/mol. The van der Waals surface area contributed by atoms with Crippen LogP contribution < -0.4 is 10.5 Å². The number of aromatic nitrogens is 2. The first kappa shape index (κ1) is 11.7. The van der Waals surface area contributed by atoms with Gasteiger partial charge in [-0.1, -0.05) is 41.9 Å². The maximum atomic E-state index is 5.79. The minimum absolute atomic E-state index is 0.149. The van der Waals surface area contributed by atoms with E-state index in [0.717, 1.165) is 5.56 Å². The minimum atomic E-state index is -0.149. The minimum Gasteiger partial charge on any atom is -0.468 e. The highest BCUT2D eigenvalue weighted by Crippen LogP contribution is 2.28. The molecular formula is C12H12ClN3O. The zero-order valence-corrected chi connectivity index (χ0v) is 10.1. The summed E-state index contributed by atoms with van der Waals surface area (Å²) in [4.78, 5) is 7.73. The van der Waals surface area contributed by atoms with Crippen molar-refractivity contribution in [3.8, 4) is 5.88 Å². The summed E-state index contributed by atoms with van der Waals surface area (Å²) < 4.78 is 5.65. The second kappa shape index (κ2) is 5.01. The Bertz CT molecular complexity index is 504. The molecule has 4 nitrogen and oxygen atoms in total. The number of nitrogens with two attached hydrogens (primary N) is 1. The molecule has 0 spiro atoms. The van der Waals surface area contributed by atoms with Gasteiger partial charge in [0.25, 0.3) is 0 Å². The Balaban J connectivity index is 2.19. The van der Waals surface area contributed by atoms with Crippen LogP contribution in [0.1, 0.15) is 18.6 Å². The number of halogens is 1. The van der Waals surface area contributed by atoms with Crippen LogP contribution in [0.3, 0.4) is 0 Å². The van der Waals surface area contributed by atoms with E-state index in [-0.39, 0.29) is 16.9 Å². The van der Waals surface area contributed by atoms with Crippen LogP contribution >= 0.6 is 11.6 Å². The molecule has 0 saturated heterocycles. The fourth-order valence-electron chi connectivity index (χ4n) is 1.41. The van der Waals surface area contributed by atoms with Crippen molar-refractivity contribution in [2.24, 2.45) is 0 Å². The van der Waals surface area contributed by atoms with Crippen molar-refractivity contribution < 1.29 is 4.74 Å². The highest BCUT2D eigenvalue weighted by atomic mass is 35.5. The molecule has 0 aliphatic heterocycles. The second-order valence-electron chi connectivity index (χ2n) is 3.55. The quantitative estimate of drug-likeness (QED) is 0.850. The molecule has 0 fully saturated rings. The van der Waals surface area contributed by atoms with Gasteiger partial charge in [-0.3, -0.25) is 0 Å². The first-order valence-corrected chi connectivity index (χ1v) is 5.54. The van der Waals surface area contributed by atoms with Crippen molar-refractivity contribution in [1.82, 2.24) is 9.97 Å². The van der Waals surface area contributed by atoms with E-state index in [0.29, 0.717) is 5.88 Å². The molecule has 0 aliphatic rings. The van der Waals surface area contributed by atoms with Gasteiger partial charge >= 0.3 is 0 Å². The second-order valence-corrected chi connectivity index (χ2v) is 3.91. The van der Waals surface area contributed by atoms with Gasteiger partial charge in [0.15, 0.2) is 5.15 Å². The van der Waals surface area contributed by atoms with Crippen LogP contribution in [0.5, 0.6) is 5.88 Å². The van der Waals surface area contributed by atoms with Crippen LogP contribution in [0, 0.1) is 0 Å². The van der Waals surface area contributed by atoms with Crippen LogP contribution in [0.2, 0.25) is 5.15 Å². The largest absolute Gasteiger partial charge is 0.468 e. The molecule has 1 unspecified atom stereocenters. The van der Waals surface area contributed by atoms with Gasteiger partial charge in [0.05, 0.1) is 0 Å². The summed E-state index contributed by atoms with van der Waals surface area (Å²) in [6.07, 6.45) is 1.18. The van der Waals surface area contributed by atoms with Crippen molar-refractivity contribution in [3.05, 3.63) is 47.4 Å². The summed E-state index contributed by atoms with van der Waals surface area (Å²) in [6.45, 7) is 1.92. The summed E-state index contributed by atoms with van der Waals surface area (Å²) in [5.41, 5.74) is 7.03. The molecule has 5 heteroatoms. The third-order valence-corrected chi connectivity index (χ3v) is 2.66. The predicted octanol–water partition coefficient (Wildman–Crippen LogP) is 2.85. The van der Waals surface area contributed by atoms with E-state index in [9.17, 15) is 0 Å². The smallest absolute Gasteiger partial charge is 0.242 e. The molecule has 0 saturated carbocycles. The third-order valence-electron chi connectivity index (χ3n) is 2.36. The fourth-order valence-corrected chi connectivity index (χ4v) is 1.54. The Hall–Kier alpha value is -1.81. The monoisotopic (exact) mass is 249 g/mol. The number of hydrogen-bond donors (Lipinski definition) is 1. The molecule has 1 aromatic carbocycles. The topological polar surface area (TPSA) is 61.0 Å². The van der Waals surface area contributed by atoms with Crippen molar-refractivity contribution in [3.63, 3.8) is 0 Å². The number of rotatable bonds is 3. The fraction of sp³-hybridized carbons (Fsp3) is 0.167. The van der Waals surface area contributed by atoms with Gasteiger partial charge in [0.1, 0.15) is 18.1 Å². The zero-order chi connectivity index (χ0) is 12.3. The average Bonchev–Trinajstić information content (AvgIpc) is 2.36. The molecule has 88 valence electrons. The molecule has 2 aromatic rings. The van der Waals surface area contributed by atoms with Gasteiger partial charge in [-0.05, 0) is 12.5 Å². The maximum absolute atomic E-state index is 5.79. The Morgan fingerprint density at radius 2 is 1.94 bits per heavy atom. The van der Waals surface area contributed by atoms with E-state index < -0.39 is 0 Å². The highest BCUT2D eigenvalue weighted by Gasteiger charge is 2.12. The van der Waals surface area contributed by atoms with Gasteiger partial charge in [0, 0.05) is 0 Å². The van der Waals surface area contributed by atoms with Crippen LogP contribution in [0.15, 0.2) is 36.7 Å². The molecule has 0 radical (unpaired) electrons. The zero-order valence-electron chi connectivity index (χ0n) is 9.30. The molecule has 1 atom stereocenters. The van der Waals surface area contributed by atoms with Crippen LogP contribution in [0.25, 0.3) is 0 Å². The van der Waals surface area contributed by atoms with Gasteiger partial charge in [-0.25, -0.2) is 4.98 Å². The summed E-state index contributed by atoms with van der Waals surface area (Å²) >= 11 is 5.79. The number of ether oxygens (including phenoxy) is 1. The maximum Gasteiger partial charge on any atom is 0.242 e. The summed E-state index contributed by atoms with van der Waals surface area (Å²) in [5.74, 6) is 0.307. The number of anilines is 1. The van der Waals surface area contributed by atoms with Crippen molar-refractivity contribution in [2.75, 3.05) is 5.73 Å². The van der Waals surface area contributed by atoms with Crippen molar-refractivity contribution in [1.29, 1.82) is 0 Å². The standard InChI is InChI=1S/C12H12ClN3O/c1-8(9-5-3-2-4-6-9)17-12-10(14)11(13)15-7-16-12/h2-8H,14H2,1H3. The van der Waals surface area contributed by atoms with Gasteiger partial charge < -0.3 is 10.5 Å². The van der Waals surface area contributed by atoms with Crippen LogP contribution in [-0.4, -0.2) is 9.97 Å². The van der Waals surface area contributed by atoms with Crippen LogP contribution in [0.4, 0.5) is 5.69 Å². The molecular weight excluding hydrogens is 238 g/mol. The molecule has 1 heterocycles. The summed E-state index contributed by atoms with van der Waals surface area (Å²) in [7, 11) is 0. The number of hydrogen-bond acceptors (Lipinski definition) is 4.